The van der Waals surface area contributed by atoms with Crippen molar-refractivity contribution in [3.05, 3.63) is 34.6 Å². The standard InChI is InChI=1S/C25H33NO7/c1-2-3-4-5-6-12-7-8-16(27)19-15(12)10-13-9-14-11-17(28)20(24(26)32)23(31)25(14,33)22(30)18(13)21(19)29/h7-8,13-14,16-17,19-20,27-28,30,33H,2-6,9-11H2,1H3,(H2,26,32)/t13-,14+,16?,17?,19?,20?,25+/m1/s1. The third-order valence-corrected chi connectivity index (χ3v) is 8.00. The van der Waals surface area contributed by atoms with Gasteiger partial charge in [-0.25, -0.2) is 0 Å². The molecule has 0 radical (unpaired) electrons. The maximum atomic E-state index is 13.5. The first-order valence-corrected chi connectivity index (χ1v) is 11.9. The van der Waals surface area contributed by atoms with Crippen molar-refractivity contribution in [2.24, 2.45) is 29.4 Å². The van der Waals surface area contributed by atoms with Crippen LogP contribution in [0, 0.1) is 23.7 Å². The minimum atomic E-state index is -2.44. The predicted molar refractivity (Wildman–Crippen MR) is 119 cm³/mol. The molecular weight excluding hydrogens is 426 g/mol. The molecule has 0 aliphatic heterocycles. The first-order valence-electron chi connectivity index (χ1n) is 11.9. The summed E-state index contributed by atoms with van der Waals surface area (Å²) in [7, 11) is 0. The van der Waals surface area contributed by atoms with Crippen molar-refractivity contribution in [1.29, 1.82) is 0 Å². The second kappa shape index (κ2) is 8.81. The molecule has 2 saturated carbocycles. The highest BCUT2D eigenvalue weighted by Crippen LogP contribution is 2.53. The number of rotatable bonds is 6. The van der Waals surface area contributed by atoms with E-state index in [2.05, 4.69) is 6.92 Å². The van der Waals surface area contributed by atoms with Crippen molar-refractivity contribution in [1.82, 2.24) is 0 Å². The Morgan fingerprint density at radius 3 is 2.58 bits per heavy atom. The van der Waals surface area contributed by atoms with Gasteiger partial charge >= 0.3 is 0 Å². The van der Waals surface area contributed by atoms with Gasteiger partial charge in [0.25, 0.3) is 0 Å². The van der Waals surface area contributed by atoms with Crippen LogP contribution in [-0.4, -0.2) is 55.7 Å². The summed E-state index contributed by atoms with van der Waals surface area (Å²) in [6.07, 6.45) is 6.70. The van der Waals surface area contributed by atoms with Crippen LogP contribution in [0.5, 0.6) is 0 Å². The molecule has 8 heteroatoms. The molecule has 0 heterocycles. The monoisotopic (exact) mass is 459 g/mol. The van der Waals surface area contributed by atoms with Gasteiger partial charge in [-0.05, 0) is 43.6 Å². The molecule has 4 aliphatic rings. The van der Waals surface area contributed by atoms with E-state index in [9.17, 15) is 34.8 Å². The molecule has 0 saturated heterocycles. The number of amides is 1. The number of allylic oxidation sites excluding steroid dienone is 3. The van der Waals surface area contributed by atoms with Crippen molar-refractivity contribution < 1.29 is 34.8 Å². The molecule has 33 heavy (non-hydrogen) atoms. The zero-order valence-corrected chi connectivity index (χ0v) is 18.9. The molecule has 0 aromatic carbocycles. The van der Waals surface area contributed by atoms with Crippen molar-refractivity contribution in [2.75, 3.05) is 0 Å². The van der Waals surface area contributed by atoms with Gasteiger partial charge in [0.15, 0.2) is 17.2 Å². The van der Waals surface area contributed by atoms with Gasteiger partial charge in [0.2, 0.25) is 5.91 Å². The highest BCUT2D eigenvalue weighted by atomic mass is 16.3. The quantitative estimate of drug-likeness (QED) is 0.296. The van der Waals surface area contributed by atoms with E-state index in [0.29, 0.717) is 6.42 Å². The molecule has 180 valence electrons. The van der Waals surface area contributed by atoms with E-state index in [4.69, 9.17) is 5.73 Å². The fraction of sp³-hybridized carbons (Fsp3) is 0.640. The number of hydrogen-bond acceptors (Lipinski definition) is 7. The van der Waals surface area contributed by atoms with E-state index in [1.54, 1.807) is 6.08 Å². The number of fused-ring (bicyclic) bond motifs is 3. The zero-order chi connectivity index (χ0) is 24.1. The number of unbranched alkanes of at least 4 members (excludes halogenated alkanes) is 3. The Bertz CT molecular complexity index is 964. The smallest absolute Gasteiger partial charge is 0.230 e. The molecule has 4 rings (SSSR count). The summed E-state index contributed by atoms with van der Waals surface area (Å²) in [6.45, 7) is 2.14. The number of carbonyl (C=O) groups excluding carboxylic acids is 3. The number of carbonyl (C=O) groups is 3. The molecule has 0 bridgehead atoms. The molecule has 4 unspecified atom stereocenters. The lowest BCUT2D eigenvalue weighted by molar-refractivity contribution is -0.168. The average molecular weight is 460 g/mol. The fourth-order valence-corrected chi connectivity index (χ4v) is 6.30. The number of aliphatic hydroxyl groups excluding tert-OH is 3. The van der Waals surface area contributed by atoms with Gasteiger partial charge in [-0.3, -0.25) is 14.4 Å². The Morgan fingerprint density at radius 1 is 1.18 bits per heavy atom. The van der Waals surface area contributed by atoms with Gasteiger partial charge in [0, 0.05) is 11.5 Å². The lowest BCUT2D eigenvalue weighted by Crippen LogP contribution is -2.63. The Hall–Kier alpha value is -2.29. The number of Topliss-reactive ketones (excluding diaryl/α,β-unsaturated/α-hetero) is 2. The summed E-state index contributed by atoms with van der Waals surface area (Å²) in [6, 6.07) is 0. The van der Waals surface area contributed by atoms with E-state index < -0.39 is 64.7 Å². The lowest BCUT2D eigenvalue weighted by Gasteiger charge is -2.50. The van der Waals surface area contributed by atoms with Crippen LogP contribution in [0.15, 0.2) is 34.6 Å². The van der Waals surface area contributed by atoms with Crippen molar-refractivity contribution in [3.8, 4) is 0 Å². The van der Waals surface area contributed by atoms with Crippen LogP contribution in [-0.2, 0) is 14.4 Å². The normalized spacial score (nSPS) is 38.2. The number of hydrogen-bond donors (Lipinski definition) is 5. The molecule has 0 aromatic heterocycles. The van der Waals surface area contributed by atoms with Gasteiger partial charge in [0.05, 0.1) is 18.1 Å². The topological polar surface area (TPSA) is 158 Å². The maximum Gasteiger partial charge on any atom is 0.230 e. The minimum absolute atomic E-state index is 0.0462. The average Bonchev–Trinajstić information content (AvgIpc) is 2.75. The first kappa shape index (κ1) is 23.9. The summed E-state index contributed by atoms with van der Waals surface area (Å²) in [4.78, 5) is 38.3. The molecule has 1 amide bonds. The first-order chi connectivity index (χ1) is 15.6. The third kappa shape index (κ3) is 3.68. The maximum absolute atomic E-state index is 13.5. The molecule has 2 fully saturated rings. The minimum Gasteiger partial charge on any atom is -0.508 e. The fourth-order valence-electron chi connectivity index (χ4n) is 6.30. The lowest BCUT2D eigenvalue weighted by atomic mass is 9.56. The summed E-state index contributed by atoms with van der Waals surface area (Å²) in [5, 5.41) is 43.3. The van der Waals surface area contributed by atoms with E-state index in [1.165, 1.54) is 0 Å². The molecule has 8 nitrogen and oxygen atoms in total. The molecule has 4 aliphatic carbocycles. The molecular formula is C25H33NO7. The van der Waals surface area contributed by atoms with Crippen LogP contribution < -0.4 is 5.73 Å². The van der Waals surface area contributed by atoms with Crippen LogP contribution in [0.3, 0.4) is 0 Å². The van der Waals surface area contributed by atoms with Crippen LogP contribution in [0.2, 0.25) is 0 Å². The SMILES string of the molecule is CCCCCCC1=C2C[C@H]3C[C@H]4CC(O)C(C(N)=O)C(=O)[C@@]4(O)C(O)=C3C(=O)C2C(O)C=C1. The molecule has 0 spiro atoms. The Morgan fingerprint density at radius 2 is 1.91 bits per heavy atom. The Kier molecular flexibility index (Phi) is 6.37. The summed E-state index contributed by atoms with van der Waals surface area (Å²) in [5.41, 5.74) is 4.67. The van der Waals surface area contributed by atoms with Crippen LogP contribution in [0.25, 0.3) is 0 Å². The summed E-state index contributed by atoms with van der Waals surface area (Å²) >= 11 is 0. The zero-order valence-electron chi connectivity index (χ0n) is 18.9. The van der Waals surface area contributed by atoms with Gasteiger partial charge in [0.1, 0.15) is 11.7 Å². The largest absolute Gasteiger partial charge is 0.508 e. The molecule has 6 N–H and O–H groups in total. The van der Waals surface area contributed by atoms with Crippen molar-refractivity contribution in [2.45, 2.75) is 76.1 Å². The van der Waals surface area contributed by atoms with Gasteiger partial charge in [-0.15, -0.1) is 0 Å². The molecule has 0 aromatic rings. The van der Waals surface area contributed by atoms with Crippen LogP contribution in [0.4, 0.5) is 0 Å². The van der Waals surface area contributed by atoms with E-state index >= 15 is 0 Å². The second-order valence-corrected chi connectivity index (χ2v) is 9.96. The van der Waals surface area contributed by atoms with E-state index in [1.807, 2.05) is 6.08 Å². The van der Waals surface area contributed by atoms with Crippen molar-refractivity contribution >= 4 is 17.5 Å². The number of nitrogens with two attached hydrogens (primary N) is 1. The molecule has 7 atom stereocenters. The highest BCUT2D eigenvalue weighted by molar-refractivity contribution is 6.10. The Labute approximate surface area is 192 Å². The summed E-state index contributed by atoms with van der Waals surface area (Å²) in [5.74, 6) is -7.20. The van der Waals surface area contributed by atoms with Crippen LogP contribution in [0.1, 0.15) is 58.3 Å². The summed E-state index contributed by atoms with van der Waals surface area (Å²) < 4.78 is 0. The van der Waals surface area contributed by atoms with E-state index in [0.717, 1.165) is 43.3 Å². The third-order valence-electron chi connectivity index (χ3n) is 8.00. The van der Waals surface area contributed by atoms with Gasteiger partial charge in [-0.1, -0.05) is 43.9 Å². The van der Waals surface area contributed by atoms with Crippen molar-refractivity contribution in [3.63, 3.8) is 0 Å². The number of ketones is 2. The highest BCUT2D eigenvalue weighted by Gasteiger charge is 2.62. The van der Waals surface area contributed by atoms with E-state index in [-0.39, 0.29) is 18.4 Å². The van der Waals surface area contributed by atoms with Gasteiger partial charge in [-0.2, -0.15) is 0 Å². The number of primary amides is 1. The van der Waals surface area contributed by atoms with Gasteiger partial charge < -0.3 is 26.2 Å². The Balaban J connectivity index is 1.72. The predicted octanol–water partition coefficient (Wildman–Crippen LogP) is 1.39. The van der Waals surface area contributed by atoms with Crippen LogP contribution >= 0.6 is 0 Å². The number of aliphatic hydroxyl groups is 4. The second-order valence-electron chi connectivity index (χ2n) is 9.96.